The smallest absolute Gasteiger partial charge is 0.261 e. The number of rotatable bonds is 2. The second-order valence-electron chi connectivity index (χ2n) is 2.92. The molecular formula is C9H8ClNO3S. The lowest BCUT2D eigenvalue weighted by atomic mass is 10.0. The minimum absolute atomic E-state index is 0.0767. The van der Waals surface area contributed by atoms with Gasteiger partial charge in [0, 0.05) is 10.7 Å². The Labute approximate surface area is 92.1 Å². The molecule has 15 heavy (non-hydrogen) atoms. The van der Waals surface area contributed by atoms with Crippen LogP contribution in [0.15, 0.2) is 17.0 Å². The van der Waals surface area contributed by atoms with Crippen molar-refractivity contribution in [3.8, 4) is 6.07 Å². The lowest BCUT2D eigenvalue weighted by Gasteiger charge is -2.08. The van der Waals surface area contributed by atoms with E-state index in [1.807, 2.05) is 6.07 Å². The van der Waals surface area contributed by atoms with Crippen LogP contribution in [0.4, 0.5) is 0 Å². The van der Waals surface area contributed by atoms with Gasteiger partial charge in [-0.05, 0) is 30.2 Å². The van der Waals surface area contributed by atoms with Gasteiger partial charge >= 0.3 is 0 Å². The Morgan fingerprint density at radius 3 is 2.53 bits per heavy atom. The average molecular weight is 246 g/mol. The molecule has 0 saturated carbocycles. The topological polar surface area (TPSA) is 78.2 Å². The summed E-state index contributed by atoms with van der Waals surface area (Å²) in [6, 6.07) is 4.45. The fraction of sp³-hybridized carbons (Fsp3) is 0.222. The molecule has 0 saturated heterocycles. The Bertz CT molecular complexity index is 531. The highest BCUT2D eigenvalue weighted by molar-refractivity contribution is 8.13. The van der Waals surface area contributed by atoms with Gasteiger partial charge in [-0.15, -0.1) is 0 Å². The molecular weight excluding hydrogens is 238 g/mol. The van der Waals surface area contributed by atoms with Crippen molar-refractivity contribution in [2.75, 3.05) is 0 Å². The van der Waals surface area contributed by atoms with E-state index in [1.165, 1.54) is 19.1 Å². The standard InChI is InChI=1S/C9H8ClNO3S/c1-6-8(5-12)7(4-11)2-3-9(6)15(10,13)14/h2-3,12H,5H2,1H3. The fourth-order valence-electron chi connectivity index (χ4n) is 1.31. The summed E-state index contributed by atoms with van der Waals surface area (Å²) in [6.07, 6.45) is 0. The zero-order valence-corrected chi connectivity index (χ0v) is 9.43. The third-order valence-corrected chi connectivity index (χ3v) is 3.56. The van der Waals surface area contributed by atoms with E-state index in [4.69, 9.17) is 21.1 Å². The normalized spacial score (nSPS) is 11.1. The predicted molar refractivity (Wildman–Crippen MR) is 54.9 cm³/mol. The summed E-state index contributed by atoms with van der Waals surface area (Å²) in [5, 5.41) is 17.8. The number of benzene rings is 1. The number of aliphatic hydroxyl groups excluding tert-OH is 1. The maximum atomic E-state index is 11.1. The molecule has 0 aliphatic carbocycles. The first kappa shape index (κ1) is 12.0. The van der Waals surface area contributed by atoms with Crippen LogP contribution in [0, 0.1) is 18.3 Å². The second kappa shape index (κ2) is 4.19. The molecule has 1 aromatic carbocycles. The van der Waals surface area contributed by atoms with Crippen LogP contribution in [-0.4, -0.2) is 13.5 Å². The monoisotopic (exact) mass is 245 g/mol. The highest BCUT2D eigenvalue weighted by atomic mass is 35.7. The molecule has 80 valence electrons. The van der Waals surface area contributed by atoms with Gasteiger partial charge in [0.25, 0.3) is 9.05 Å². The van der Waals surface area contributed by atoms with Crippen molar-refractivity contribution in [3.05, 3.63) is 28.8 Å². The average Bonchev–Trinajstić information content (AvgIpc) is 2.15. The van der Waals surface area contributed by atoms with E-state index in [9.17, 15) is 8.42 Å². The van der Waals surface area contributed by atoms with E-state index < -0.39 is 15.7 Å². The minimum atomic E-state index is -3.84. The molecule has 1 rings (SSSR count). The van der Waals surface area contributed by atoms with E-state index in [0.717, 1.165) is 0 Å². The van der Waals surface area contributed by atoms with Crippen molar-refractivity contribution in [1.82, 2.24) is 0 Å². The van der Waals surface area contributed by atoms with E-state index in [2.05, 4.69) is 0 Å². The van der Waals surface area contributed by atoms with E-state index in [0.29, 0.717) is 11.1 Å². The molecule has 0 amide bonds. The van der Waals surface area contributed by atoms with Gasteiger partial charge in [0.05, 0.1) is 23.1 Å². The van der Waals surface area contributed by atoms with Crippen LogP contribution in [-0.2, 0) is 15.7 Å². The van der Waals surface area contributed by atoms with Crippen molar-refractivity contribution in [1.29, 1.82) is 5.26 Å². The highest BCUT2D eigenvalue weighted by Gasteiger charge is 2.17. The SMILES string of the molecule is Cc1c(S(=O)(=O)Cl)ccc(C#N)c1CO. The summed E-state index contributed by atoms with van der Waals surface area (Å²) >= 11 is 0. The number of halogens is 1. The van der Waals surface area contributed by atoms with E-state index in [1.54, 1.807) is 0 Å². The maximum Gasteiger partial charge on any atom is 0.261 e. The van der Waals surface area contributed by atoms with Gasteiger partial charge in [0.1, 0.15) is 0 Å². The molecule has 0 aliphatic rings. The Morgan fingerprint density at radius 2 is 2.13 bits per heavy atom. The molecule has 0 aromatic heterocycles. The first-order chi connectivity index (χ1) is 6.91. The van der Waals surface area contributed by atoms with Crippen molar-refractivity contribution in [2.45, 2.75) is 18.4 Å². The molecule has 0 radical (unpaired) electrons. The maximum absolute atomic E-state index is 11.1. The van der Waals surface area contributed by atoms with Crippen molar-refractivity contribution < 1.29 is 13.5 Å². The van der Waals surface area contributed by atoms with Gasteiger partial charge in [0.15, 0.2) is 0 Å². The molecule has 0 bridgehead atoms. The van der Waals surface area contributed by atoms with Crippen molar-refractivity contribution in [3.63, 3.8) is 0 Å². The number of nitriles is 1. The summed E-state index contributed by atoms with van der Waals surface area (Å²) < 4.78 is 22.2. The highest BCUT2D eigenvalue weighted by Crippen LogP contribution is 2.24. The van der Waals surface area contributed by atoms with Crippen molar-refractivity contribution >= 4 is 19.7 Å². The summed E-state index contributed by atoms with van der Waals surface area (Å²) in [5.41, 5.74) is 0.852. The summed E-state index contributed by atoms with van der Waals surface area (Å²) in [4.78, 5) is -0.0767. The lowest BCUT2D eigenvalue weighted by Crippen LogP contribution is -2.01. The number of aliphatic hydroxyl groups is 1. The first-order valence-corrected chi connectivity index (χ1v) is 6.31. The molecule has 0 fully saturated rings. The minimum Gasteiger partial charge on any atom is -0.392 e. The molecule has 0 atom stereocenters. The van der Waals surface area contributed by atoms with Gasteiger partial charge < -0.3 is 5.11 Å². The first-order valence-electron chi connectivity index (χ1n) is 4.00. The Kier molecular flexibility index (Phi) is 3.35. The third kappa shape index (κ3) is 2.29. The molecule has 0 unspecified atom stereocenters. The van der Waals surface area contributed by atoms with Crippen LogP contribution in [0.5, 0.6) is 0 Å². The summed E-state index contributed by atoms with van der Waals surface area (Å²) in [6.45, 7) is 1.11. The van der Waals surface area contributed by atoms with Gasteiger partial charge in [-0.25, -0.2) is 8.42 Å². The molecule has 0 heterocycles. The van der Waals surface area contributed by atoms with Crippen LogP contribution in [0.3, 0.4) is 0 Å². The van der Waals surface area contributed by atoms with Crippen LogP contribution < -0.4 is 0 Å². The summed E-state index contributed by atoms with van der Waals surface area (Å²) in [5.74, 6) is 0. The number of hydrogen-bond donors (Lipinski definition) is 1. The zero-order valence-electron chi connectivity index (χ0n) is 7.86. The summed E-state index contributed by atoms with van der Waals surface area (Å²) in [7, 11) is 1.36. The van der Waals surface area contributed by atoms with Crippen LogP contribution in [0.1, 0.15) is 16.7 Å². The largest absolute Gasteiger partial charge is 0.392 e. The van der Waals surface area contributed by atoms with Crippen LogP contribution >= 0.6 is 10.7 Å². The van der Waals surface area contributed by atoms with Crippen LogP contribution in [0.2, 0.25) is 0 Å². The molecule has 1 aromatic rings. The molecule has 0 aliphatic heterocycles. The van der Waals surface area contributed by atoms with Crippen molar-refractivity contribution in [2.24, 2.45) is 0 Å². The Morgan fingerprint density at radius 1 is 1.53 bits per heavy atom. The zero-order chi connectivity index (χ0) is 11.6. The molecule has 1 N–H and O–H groups in total. The molecule has 6 heteroatoms. The number of nitrogens with zero attached hydrogens (tertiary/aromatic N) is 1. The Balaban J connectivity index is 3.59. The van der Waals surface area contributed by atoms with Gasteiger partial charge in [0.2, 0.25) is 0 Å². The predicted octanol–water partition coefficient (Wildman–Crippen LogP) is 1.29. The molecule has 4 nitrogen and oxygen atoms in total. The van der Waals surface area contributed by atoms with E-state index in [-0.39, 0.29) is 10.5 Å². The third-order valence-electron chi connectivity index (χ3n) is 2.09. The van der Waals surface area contributed by atoms with Crippen LogP contribution in [0.25, 0.3) is 0 Å². The second-order valence-corrected chi connectivity index (χ2v) is 5.46. The fourth-order valence-corrected chi connectivity index (χ4v) is 2.53. The van der Waals surface area contributed by atoms with Gasteiger partial charge in [-0.3, -0.25) is 0 Å². The lowest BCUT2D eigenvalue weighted by molar-refractivity contribution is 0.280. The Hall–Kier alpha value is -1.09. The van der Waals surface area contributed by atoms with Gasteiger partial charge in [-0.1, -0.05) is 0 Å². The number of hydrogen-bond acceptors (Lipinski definition) is 4. The van der Waals surface area contributed by atoms with E-state index >= 15 is 0 Å². The van der Waals surface area contributed by atoms with Gasteiger partial charge in [-0.2, -0.15) is 5.26 Å². The molecule has 0 spiro atoms. The quantitative estimate of drug-likeness (QED) is 0.797.